The van der Waals surface area contributed by atoms with Gasteiger partial charge in [0.1, 0.15) is 6.33 Å². The van der Waals surface area contributed by atoms with E-state index < -0.39 is 0 Å². The van der Waals surface area contributed by atoms with E-state index >= 15 is 0 Å². The molecule has 21 heavy (non-hydrogen) atoms. The van der Waals surface area contributed by atoms with Crippen LogP contribution in [0.5, 0.6) is 0 Å². The first-order valence-corrected chi connectivity index (χ1v) is 7.21. The normalized spacial score (nSPS) is 10.3. The van der Waals surface area contributed by atoms with Gasteiger partial charge in [0.15, 0.2) is 0 Å². The minimum atomic E-state index is -0.205. The first kappa shape index (κ1) is 13.7. The SMILES string of the molecule is O=C(Nc1cccc(I)c1)c1ccccc1-n1cnnn1. The number of carbonyl (C=O) groups excluding carboxylic acids is 1. The maximum absolute atomic E-state index is 12.4. The van der Waals surface area contributed by atoms with Crippen molar-refractivity contribution in [3.8, 4) is 5.69 Å². The molecule has 1 amide bonds. The molecule has 0 aliphatic carbocycles. The topological polar surface area (TPSA) is 72.7 Å². The molecular weight excluding hydrogens is 381 g/mol. The fraction of sp³-hybridized carbons (Fsp3) is 0. The molecule has 104 valence electrons. The molecule has 1 heterocycles. The molecule has 0 atom stereocenters. The molecule has 0 saturated carbocycles. The predicted molar refractivity (Wildman–Crippen MR) is 86.3 cm³/mol. The van der Waals surface area contributed by atoms with E-state index in [0.29, 0.717) is 11.3 Å². The molecule has 1 aromatic heterocycles. The number of tetrazole rings is 1. The van der Waals surface area contributed by atoms with Crippen LogP contribution in [0.3, 0.4) is 0 Å². The maximum atomic E-state index is 12.4. The van der Waals surface area contributed by atoms with Crippen LogP contribution in [0.1, 0.15) is 10.4 Å². The highest BCUT2D eigenvalue weighted by molar-refractivity contribution is 14.1. The molecule has 0 saturated heterocycles. The molecule has 7 heteroatoms. The van der Waals surface area contributed by atoms with Crippen molar-refractivity contribution >= 4 is 34.2 Å². The first-order chi connectivity index (χ1) is 10.2. The van der Waals surface area contributed by atoms with E-state index in [9.17, 15) is 4.79 Å². The van der Waals surface area contributed by atoms with Crippen LogP contribution in [0.15, 0.2) is 54.9 Å². The molecule has 3 aromatic rings. The van der Waals surface area contributed by atoms with Crippen molar-refractivity contribution in [3.63, 3.8) is 0 Å². The Kier molecular flexibility index (Phi) is 3.91. The summed E-state index contributed by atoms with van der Waals surface area (Å²) in [7, 11) is 0. The number of aromatic nitrogens is 4. The fourth-order valence-electron chi connectivity index (χ4n) is 1.90. The quantitative estimate of drug-likeness (QED) is 0.697. The van der Waals surface area contributed by atoms with Gasteiger partial charge in [-0.15, -0.1) is 5.10 Å². The predicted octanol–water partition coefficient (Wildman–Crippen LogP) is 2.52. The van der Waals surface area contributed by atoms with Crippen molar-refractivity contribution in [2.24, 2.45) is 0 Å². The zero-order valence-electron chi connectivity index (χ0n) is 10.8. The van der Waals surface area contributed by atoms with Gasteiger partial charge in [0.2, 0.25) is 0 Å². The van der Waals surface area contributed by atoms with Crippen LogP contribution in [0.25, 0.3) is 5.69 Å². The minimum Gasteiger partial charge on any atom is -0.322 e. The molecule has 0 bridgehead atoms. The standard InChI is InChI=1S/C14H10IN5O/c15-10-4-3-5-11(8-10)17-14(21)12-6-1-2-7-13(12)20-9-16-18-19-20/h1-9H,(H,17,21). The van der Waals surface area contributed by atoms with Gasteiger partial charge in [-0.25, -0.2) is 0 Å². The smallest absolute Gasteiger partial charge is 0.257 e. The van der Waals surface area contributed by atoms with Gasteiger partial charge in [-0.2, -0.15) is 4.68 Å². The molecule has 6 nitrogen and oxygen atoms in total. The van der Waals surface area contributed by atoms with Crippen LogP contribution in [-0.2, 0) is 0 Å². The Hall–Kier alpha value is -2.29. The Morgan fingerprint density at radius 1 is 1.14 bits per heavy atom. The van der Waals surface area contributed by atoms with Crippen molar-refractivity contribution in [2.45, 2.75) is 0 Å². The number of nitrogens with one attached hydrogen (secondary N) is 1. The van der Waals surface area contributed by atoms with Gasteiger partial charge in [-0.1, -0.05) is 18.2 Å². The number of anilines is 1. The van der Waals surface area contributed by atoms with Crippen LogP contribution >= 0.6 is 22.6 Å². The number of halogens is 1. The largest absolute Gasteiger partial charge is 0.322 e. The summed E-state index contributed by atoms with van der Waals surface area (Å²) in [6.45, 7) is 0. The van der Waals surface area contributed by atoms with Crippen molar-refractivity contribution < 1.29 is 4.79 Å². The lowest BCUT2D eigenvalue weighted by molar-refractivity contribution is 0.102. The van der Waals surface area contributed by atoms with Crippen LogP contribution in [-0.4, -0.2) is 26.1 Å². The monoisotopic (exact) mass is 391 g/mol. The summed E-state index contributed by atoms with van der Waals surface area (Å²) in [4.78, 5) is 12.4. The molecule has 0 aliphatic rings. The third-order valence-corrected chi connectivity index (χ3v) is 3.50. The second kappa shape index (κ2) is 6.00. The average Bonchev–Trinajstić information content (AvgIpc) is 3.01. The summed E-state index contributed by atoms with van der Waals surface area (Å²) in [5, 5.41) is 13.9. The van der Waals surface area contributed by atoms with Gasteiger partial charge in [-0.3, -0.25) is 4.79 Å². The molecule has 0 fully saturated rings. The molecule has 2 aromatic carbocycles. The van der Waals surface area contributed by atoms with Crippen molar-refractivity contribution in [1.29, 1.82) is 0 Å². The van der Waals surface area contributed by atoms with Crippen molar-refractivity contribution in [3.05, 3.63) is 64.0 Å². The lowest BCUT2D eigenvalue weighted by Crippen LogP contribution is -2.15. The molecule has 0 radical (unpaired) electrons. The zero-order chi connectivity index (χ0) is 14.7. The number of rotatable bonds is 3. The zero-order valence-corrected chi connectivity index (χ0v) is 12.9. The lowest BCUT2D eigenvalue weighted by Gasteiger charge is -2.09. The average molecular weight is 391 g/mol. The van der Waals surface area contributed by atoms with E-state index in [1.165, 1.54) is 11.0 Å². The molecule has 0 spiro atoms. The third-order valence-electron chi connectivity index (χ3n) is 2.83. The summed E-state index contributed by atoms with van der Waals surface area (Å²) < 4.78 is 2.52. The van der Waals surface area contributed by atoms with E-state index in [4.69, 9.17) is 0 Å². The van der Waals surface area contributed by atoms with Gasteiger partial charge in [0.05, 0.1) is 11.3 Å². The Labute approximate surface area is 134 Å². The number of carbonyl (C=O) groups is 1. The fourth-order valence-corrected chi connectivity index (χ4v) is 2.44. The van der Waals surface area contributed by atoms with E-state index in [0.717, 1.165) is 9.26 Å². The molecule has 0 unspecified atom stereocenters. The molecule has 1 N–H and O–H groups in total. The summed E-state index contributed by atoms with van der Waals surface area (Å²) in [6, 6.07) is 14.8. The van der Waals surface area contributed by atoms with Gasteiger partial charge >= 0.3 is 0 Å². The summed E-state index contributed by atoms with van der Waals surface area (Å²) >= 11 is 2.20. The molecule has 0 aliphatic heterocycles. The number of para-hydroxylation sites is 1. The summed E-state index contributed by atoms with van der Waals surface area (Å²) in [5.41, 5.74) is 1.88. The Bertz CT molecular complexity index is 773. The van der Waals surface area contributed by atoms with E-state index in [1.54, 1.807) is 18.2 Å². The van der Waals surface area contributed by atoms with Crippen LogP contribution < -0.4 is 5.32 Å². The van der Waals surface area contributed by atoms with Crippen LogP contribution in [0, 0.1) is 3.57 Å². The number of benzene rings is 2. The number of nitrogens with zero attached hydrogens (tertiary/aromatic N) is 4. The second-order valence-corrected chi connectivity index (χ2v) is 5.48. The minimum absolute atomic E-state index is 0.205. The lowest BCUT2D eigenvalue weighted by atomic mass is 10.1. The van der Waals surface area contributed by atoms with Gasteiger partial charge in [0, 0.05) is 9.26 Å². The summed E-state index contributed by atoms with van der Waals surface area (Å²) in [5.74, 6) is -0.205. The molecular formula is C14H10IN5O. The van der Waals surface area contributed by atoms with Crippen molar-refractivity contribution in [2.75, 3.05) is 5.32 Å². The Morgan fingerprint density at radius 3 is 2.76 bits per heavy atom. The Morgan fingerprint density at radius 2 is 2.00 bits per heavy atom. The van der Waals surface area contributed by atoms with Crippen LogP contribution in [0.2, 0.25) is 0 Å². The van der Waals surface area contributed by atoms with E-state index in [1.807, 2.05) is 30.3 Å². The first-order valence-electron chi connectivity index (χ1n) is 6.13. The Balaban J connectivity index is 1.92. The van der Waals surface area contributed by atoms with Crippen LogP contribution in [0.4, 0.5) is 5.69 Å². The second-order valence-electron chi connectivity index (χ2n) is 4.24. The highest BCUT2D eigenvalue weighted by Crippen LogP contribution is 2.17. The van der Waals surface area contributed by atoms with Crippen molar-refractivity contribution in [1.82, 2.24) is 20.2 Å². The highest BCUT2D eigenvalue weighted by atomic mass is 127. The van der Waals surface area contributed by atoms with Gasteiger partial charge in [0.25, 0.3) is 5.91 Å². The third kappa shape index (κ3) is 3.07. The number of amides is 1. The maximum Gasteiger partial charge on any atom is 0.257 e. The molecule has 3 rings (SSSR count). The van der Waals surface area contributed by atoms with Gasteiger partial charge in [-0.05, 0) is 63.3 Å². The number of hydrogen-bond acceptors (Lipinski definition) is 4. The summed E-state index contributed by atoms with van der Waals surface area (Å²) in [6.07, 6.45) is 1.46. The van der Waals surface area contributed by atoms with E-state index in [2.05, 4.69) is 43.4 Å². The highest BCUT2D eigenvalue weighted by Gasteiger charge is 2.13. The van der Waals surface area contributed by atoms with E-state index in [-0.39, 0.29) is 5.91 Å². The number of hydrogen-bond donors (Lipinski definition) is 1. The van der Waals surface area contributed by atoms with Gasteiger partial charge < -0.3 is 5.32 Å².